The molecule has 2 aromatic heterocycles. The molecule has 2 heterocycles. The van der Waals surface area contributed by atoms with Crippen LogP contribution >= 0.6 is 0 Å². The number of anilines is 1. The van der Waals surface area contributed by atoms with Gasteiger partial charge in [-0.25, -0.2) is 4.79 Å². The van der Waals surface area contributed by atoms with Gasteiger partial charge in [0.05, 0.1) is 11.3 Å². The summed E-state index contributed by atoms with van der Waals surface area (Å²) in [5.74, 6) is -0.501. The van der Waals surface area contributed by atoms with Crippen LogP contribution < -0.4 is 21.7 Å². The second kappa shape index (κ2) is 10.1. The summed E-state index contributed by atoms with van der Waals surface area (Å²) in [7, 11) is 0. The van der Waals surface area contributed by atoms with Gasteiger partial charge in [-0.2, -0.15) is 0 Å². The lowest BCUT2D eigenvalue weighted by Gasteiger charge is -2.11. The molecule has 0 saturated heterocycles. The van der Waals surface area contributed by atoms with E-state index in [-0.39, 0.29) is 6.03 Å². The molecule has 0 aliphatic heterocycles. The molecule has 0 fully saturated rings. The molecule has 154 valence electrons. The third-order valence-electron chi connectivity index (χ3n) is 4.43. The van der Waals surface area contributed by atoms with Crippen LogP contribution in [0.1, 0.15) is 28.4 Å². The number of hydrogen-bond donors (Lipinski definition) is 4. The minimum atomic E-state index is -0.501. The molecule has 3 amide bonds. The summed E-state index contributed by atoms with van der Waals surface area (Å²) in [5, 5.41) is 8.78. The molecule has 0 radical (unpaired) electrons. The largest absolute Gasteiger partial charge is 0.366 e. The van der Waals surface area contributed by atoms with Crippen LogP contribution in [-0.2, 0) is 13.1 Å². The zero-order chi connectivity index (χ0) is 21.3. The molecule has 3 aromatic rings. The highest BCUT2D eigenvalue weighted by Crippen LogP contribution is 2.22. The number of amides is 3. The molecule has 0 saturated carbocycles. The number of rotatable bonds is 8. The van der Waals surface area contributed by atoms with Gasteiger partial charge < -0.3 is 21.7 Å². The second-order valence-corrected chi connectivity index (χ2v) is 6.62. The Morgan fingerprint density at radius 1 is 1.07 bits per heavy atom. The SMILES string of the molecule is CCNCc1cc(-c2ccc(NC(=O)NCc3cccnc3)cc2)ncc1C(N)=O. The number of carbonyl (C=O) groups is 2. The first-order chi connectivity index (χ1) is 14.6. The number of hydrogen-bond acceptors (Lipinski definition) is 5. The summed E-state index contributed by atoms with van der Waals surface area (Å²) in [4.78, 5) is 32.1. The Morgan fingerprint density at radius 2 is 1.87 bits per heavy atom. The number of nitrogens with one attached hydrogen (secondary N) is 3. The minimum absolute atomic E-state index is 0.302. The van der Waals surface area contributed by atoms with Crippen LogP contribution in [0.4, 0.5) is 10.5 Å². The van der Waals surface area contributed by atoms with E-state index in [0.29, 0.717) is 24.3 Å². The highest BCUT2D eigenvalue weighted by Gasteiger charge is 2.11. The zero-order valence-electron chi connectivity index (χ0n) is 16.7. The van der Waals surface area contributed by atoms with Crippen LogP contribution in [0.2, 0.25) is 0 Å². The highest BCUT2D eigenvalue weighted by molar-refractivity contribution is 5.94. The molecule has 0 bridgehead atoms. The lowest BCUT2D eigenvalue weighted by molar-refractivity contribution is 0.0999. The predicted molar refractivity (Wildman–Crippen MR) is 116 cm³/mol. The van der Waals surface area contributed by atoms with Gasteiger partial charge in [0.2, 0.25) is 0 Å². The normalized spacial score (nSPS) is 10.4. The first-order valence-electron chi connectivity index (χ1n) is 9.60. The number of urea groups is 1. The summed E-state index contributed by atoms with van der Waals surface area (Å²) in [6, 6.07) is 12.6. The summed E-state index contributed by atoms with van der Waals surface area (Å²) >= 11 is 0. The molecule has 8 heteroatoms. The van der Waals surface area contributed by atoms with Crippen LogP contribution in [0.25, 0.3) is 11.3 Å². The van der Waals surface area contributed by atoms with E-state index in [4.69, 9.17) is 5.73 Å². The first kappa shape index (κ1) is 20.9. The Hall–Kier alpha value is -3.78. The van der Waals surface area contributed by atoms with Crippen molar-refractivity contribution in [3.8, 4) is 11.3 Å². The van der Waals surface area contributed by atoms with Gasteiger partial charge in [0.25, 0.3) is 5.91 Å². The predicted octanol–water partition coefficient (Wildman–Crippen LogP) is 2.67. The minimum Gasteiger partial charge on any atom is -0.366 e. The van der Waals surface area contributed by atoms with E-state index in [0.717, 1.165) is 28.9 Å². The fourth-order valence-electron chi connectivity index (χ4n) is 2.87. The van der Waals surface area contributed by atoms with Crippen molar-refractivity contribution in [1.29, 1.82) is 0 Å². The van der Waals surface area contributed by atoms with E-state index in [2.05, 4.69) is 25.9 Å². The molecule has 3 rings (SSSR count). The lowest BCUT2D eigenvalue weighted by atomic mass is 10.0. The number of benzene rings is 1. The topological polar surface area (TPSA) is 122 Å². The van der Waals surface area contributed by atoms with Crippen LogP contribution in [0.5, 0.6) is 0 Å². The number of carbonyl (C=O) groups excluding carboxylic acids is 2. The van der Waals surface area contributed by atoms with E-state index in [9.17, 15) is 9.59 Å². The van der Waals surface area contributed by atoms with Crippen LogP contribution in [-0.4, -0.2) is 28.5 Å². The van der Waals surface area contributed by atoms with Crippen LogP contribution in [0, 0.1) is 0 Å². The fourth-order valence-corrected chi connectivity index (χ4v) is 2.87. The summed E-state index contributed by atoms with van der Waals surface area (Å²) in [6.07, 6.45) is 4.89. The Bertz CT molecular complexity index is 1010. The van der Waals surface area contributed by atoms with Crippen molar-refractivity contribution >= 4 is 17.6 Å². The molecule has 0 aliphatic rings. The van der Waals surface area contributed by atoms with Crippen molar-refractivity contribution in [2.24, 2.45) is 5.73 Å². The van der Waals surface area contributed by atoms with Gasteiger partial charge in [-0.15, -0.1) is 0 Å². The van der Waals surface area contributed by atoms with Gasteiger partial charge in [-0.1, -0.05) is 25.1 Å². The van der Waals surface area contributed by atoms with Gasteiger partial charge in [0.1, 0.15) is 0 Å². The summed E-state index contributed by atoms with van der Waals surface area (Å²) in [5.41, 5.74) is 9.81. The first-order valence-corrected chi connectivity index (χ1v) is 9.60. The maximum atomic E-state index is 12.1. The molecule has 0 atom stereocenters. The maximum absolute atomic E-state index is 12.1. The van der Waals surface area contributed by atoms with Crippen LogP contribution in [0.15, 0.2) is 61.1 Å². The van der Waals surface area contributed by atoms with Gasteiger partial charge in [0.15, 0.2) is 0 Å². The second-order valence-electron chi connectivity index (χ2n) is 6.62. The van der Waals surface area contributed by atoms with Crippen LogP contribution in [0.3, 0.4) is 0 Å². The van der Waals surface area contributed by atoms with Gasteiger partial charge in [-0.3, -0.25) is 14.8 Å². The standard InChI is InChI=1S/C22H24N6O2/c1-2-24-13-17-10-20(26-14-19(17)21(23)29)16-5-7-18(8-6-16)28-22(30)27-12-15-4-3-9-25-11-15/h3-11,14,24H,2,12-13H2,1H3,(H2,23,29)(H2,27,28,30). The molecular formula is C22H24N6O2. The molecule has 5 N–H and O–H groups in total. The number of aromatic nitrogens is 2. The van der Waals surface area contributed by atoms with Crippen molar-refractivity contribution in [1.82, 2.24) is 20.6 Å². The molecule has 0 unspecified atom stereocenters. The smallest absolute Gasteiger partial charge is 0.319 e. The Kier molecular flexibility index (Phi) is 7.07. The molecule has 1 aromatic carbocycles. The van der Waals surface area contributed by atoms with Gasteiger partial charge >= 0.3 is 6.03 Å². The summed E-state index contributed by atoms with van der Waals surface area (Å²) in [6.45, 7) is 3.69. The van der Waals surface area contributed by atoms with Crippen molar-refractivity contribution in [3.05, 3.63) is 77.7 Å². The lowest BCUT2D eigenvalue weighted by Crippen LogP contribution is -2.28. The van der Waals surface area contributed by atoms with E-state index in [1.165, 1.54) is 6.20 Å². The molecule has 0 aliphatic carbocycles. The number of primary amides is 1. The molecular weight excluding hydrogens is 380 g/mol. The Labute approximate surface area is 174 Å². The highest BCUT2D eigenvalue weighted by atomic mass is 16.2. The average molecular weight is 404 g/mol. The number of nitrogens with two attached hydrogens (primary N) is 1. The average Bonchev–Trinajstić information content (AvgIpc) is 2.77. The van der Waals surface area contributed by atoms with Crippen molar-refractivity contribution in [2.75, 3.05) is 11.9 Å². The van der Waals surface area contributed by atoms with E-state index < -0.39 is 5.91 Å². The van der Waals surface area contributed by atoms with Gasteiger partial charge in [0, 0.05) is 42.9 Å². The number of pyridine rings is 2. The monoisotopic (exact) mass is 404 g/mol. The van der Waals surface area contributed by atoms with Gasteiger partial charge in [-0.05, 0) is 41.9 Å². The third kappa shape index (κ3) is 5.62. The van der Waals surface area contributed by atoms with Crippen molar-refractivity contribution < 1.29 is 9.59 Å². The van der Waals surface area contributed by atoms with Crippen molar-refractivity contribution in [2.45, 2.75) is 20.0 Å². The third-order valence-corrected chi connectivity index (χ3v) is 4.43. The van der Waals surface area contributed by atoms with E-state index in [1.807, 2.05) is 37.3 Å². The zero-order valence-corrected chi connectivity index (χ0v) is 16.7. The molecule has 8 nitrogen and oxygen atoms in total. The molecule has 30 heavy (non-hydrogen) atoms. The Balaban J connectivity index is 1.66. The Morgan fingerprint density at radius 3 is 2.53 bits per heavy atom. The quantitative estimate of drug-likeness (QED) is 0.460. The molecule has 0 spiro atoms. The fraction of sp³-hybridized carbons (Fsp3) is 0.182. The van der Waals surface area contributed by atoms with E-state index in [1.54, 1.807) is 24.5 Å². The maximum Gasteiger partial charge on any atom is 0.319 e. The van der Waals surface area contributed by atoms with E-state index >= 15 is 0 Å². The van der Waals surface area contributed by atoms with Crippen molar-refractivity contribution in [3.63, 3.8) is 0 Å². The summed E-state index contributed by atoms with van der Waals surface area (Å²) < 4.78 is 0. The number of nitrogens with zero attached hydrogens (tertiary/aromatic N) is 2.